The molecule has 0 spiro atoms. The fourth-order valence-corrected chi connectivity index (χ4v) is 4.38. The number of rotatable bonds is 6. The average molecular weight is 524 g/mol. The largest absolute Gasteiger partial charge is 0.463 e. The van der Waals surface area contributed by atoms with Gasteiger partial charge in [-0.1, -0.05) is 47.5 Å². The standard InChI is InChI=1S/C26H19Cl2N3O5/c1-35-25(33)23-9-7-17(36-23)14-31-24(32)21(29-26(31)34)11-16-13-30(22-5-3-2-4-18(16)22)12-15-6-8-19(27)20(28)10-15/h2-11,13H,12,14H2,1H3,(H,29,34)/b21-11-. The fourth-order valence-electron chi connectivity index (χ4n) is 4.06. The van der Waals surface area contributed by atoms with Gasteiger partial charge in [-0.2, -0.15) is 0 Å². The molecule has 0 atom stereocenters. The second-order valence-electron chi connectivity index (χ2n) is 8.11. The molecule has 3 amide bonds. The summed E-state index contributed by atoms with van der Waals surface area (Å²) in [7, 11) is 1.24. The Labute approximate surface area is 215 Å². The molecule has 182 valence electrons. The maximum atomic E-state index is 13.0. The fraction of sp³-hybridized carbons (Fsp3) is 0.115. The van der Waals surface area contributed by atoms with E-state index in [1.54, 1.807) is 12.1 Å². The molecule has 1 aliphatic heterocycles. The minimum Gasteiger partial charge on any atom is -0.463 e. The molecule has 2 aromatic carbocycles. The normalized spacial score (nSPS) is 14.6. The van der Waals surface area contributed by atoms with Crippen molar-refractivity contribution in [3.8, 4) is 0 Å². The Kier molecular flexibility index (Phi) is 6.30. The van der Waals surface area contributed by atoms with Gasteiger partial charge in [0.05, 0.1) is 23.7 Å². The Balaban J connectivity index is 1.42. The number of urea groups is 1. The Morgan fingerprint density at radius 2 is 1.86 bits per heavy atom. The molecular formula is C26H19Cl2N3O5. The average Bonchev–Trinajstić information content (AvgIpc) is 3.55. The zero-order valence-electron chi connectivity index (χ0n) is 19.0. The minimum atomic E-state index is -0.642. The van der Waals surface area contributed by atoms with Crippen molar-refractivity contribution in [2.24, 2.45) is 0 Å². The van der Waals surface area contributed by atoms with E-state index in [1.807, 2.05) is 47.2 Å². The molecule has 1 N–H and O–H groups in total. The summed E-state index contributed by atoms with van der Waals surface area (Å²) in [4.78, 5) is 38.2. The number of halogens is 2. The third-order valence-electron chi connectivity index (χ3n) is 5.78. The third kappa shape index (κ3) is 4.48. The SMILES string of the molecule is COC(=O)c1ccc(CN2C(=O)N/C(=C\c3cn(Cc4ccc(Cl)c(Cl)c4)c4ccccc34)C2=O)o1. The summed E-state index contributed by atoms with van der Waals surface area (Å²) in [5.74, 6) is -0.878. The molecule has 2 aromatic heterocycles. The lowest BCUT2D eigenvalue weighted by molar-refractivity contribution is -0.123. The van der Waals surface area contributed by atoms with Crippen LogP contribution in [0, 0.1) is 0 Å². The van der Waals surface area contributed by atoms with Crippen molar-refractivity contribution >= 4 is 58.1 Å². The Morgan fingerprint density at radius 3 is 2.64 bits per heavy atom. The Bertz CT molecular complexity index is 1550. The molecule has 0 radical (unpaired) electrons. The van der Waals surface area contributed by atoms with Gasteiger partial charge in [0, 0.05) is 29.2 Å². The van der Waals surface area contributed by atoms with Crippen LogP contribution in [0.25, 0.3) is 17.0 Å². The zero-order chi connectivity index (χ0) is 25.4. The summed E-state index contributed by atoms with van der Waals surface area (Å²) in [6, 6.07) is 15.6. The van der Waals surface area contributed by atoms with Crippen molar-refractivity contribution in [1.29, 1.82) is 0 Å². The number of nitrogens with one attached hydrogen (secondary N) is 1. The maximum absolute atomic E-state index is 13.0. The van der Waals surface area contributed by atoms with Crippen molar-refractivity contribution in [3.63, 3.8) is 0 Å². The van der Waals surface area contributed by atoms with Gasteiger partial charge in [0.1, 0.15) is 11.5 Å². The number of hydrogen-bond acceptors (Lipinski definition) is 5. The molecule has 3 heterocycles. The molecule has 0 bridgehead atoms. The molecule has 0 saturated carbocycles. The molecular weight excluding hydrogens is 505 g/mol. The molecule has 0 aliphatic carbocycles. The highest BCUT2D eigenvalue weighted by Crippen LogP contribution is 2.28. The van der Waals surface area contributed by atoms with Crippen LogP contribution in [0.2, 0.25) is 10.0 Å². The van der Waals surface area contributed by atoms with Crippen LogP contribution in [0.1, 0.15) is 27.4 Å². The number of furan rings is 1. The highest BCUT2D eigenvalue weighted by Gasteiger charge is 2.34. The lowest BCUT2D eigenvalue weighted by Gasteiger charge is -2.09. The van der Waals surface area contributed by atoms with Crippen LogP contribution in [0.15, 0.2) is 70.9 Å². The molecule has 5 rings (SSSR count). The van der Waals surface area contributed by atoms with E-state index in [9.17, 15) is 14.4 Å². The van der Waals surface area contributed by atoms with Crippen molar-refractivity contribution in [2.75, 3.05) is 7.11 Å². The van der Waals surface area contributed by atoms with Crippen LogP contribution < -0.4 is 5.32 Å². The predicted molar refractivity (Wildman–Crippen MR) is 135 cm³/mol. The third-order valence-corrected chi connectivity index (χ3v) is 6.52. The van der Waals surface area contributed by atoms with Crippen molar-refractivity contribution < 1.29 is 23.5 Å². The topological polar surface area (TPSA) is 93.8 Å². The number of hydrogen-bond donors (Lipinski definition) is 1. The number of nitrogens with zero attached hydrogens (tertiary/aromatic N) is 2. The van der Waals surface area contributed by atoms with Crippen LogP contribution in [-0.4, -0.2) is 34.5 Å². The number of para-hydroxylation sites is 1. The number of amides is 3. The lowest BCUT2D eigenvalue weighted by atomic mass is 10.1. The van der Waals surface area contributed by atoms with E-state index in [0.29, 0.717) is 16.6 Å². The number of carbonyl (C=O) groups is 3. The van der Waals surface area contributed by atoms with E-state index < -0.39 is 17.9 Å². The van der Waals surface area contributed by atoms with Crippen molar-refractivity contribution in [2.45, 2.75) is 13.1 Å². The molecule has 1 fully saturated rings. The summed E-state index contributed by atoms with van der Waals surface area (Å²) in [5, 5.41) is 4.50. The van der Waals surface area contributed by atoms with E-state index in [1.165, 1.54) is 19.2 Å². The number of aromatic nitrogens is 1. The van der Waals surface area contributed by atoms with Crippen LogP contribution in [0.4, 0.5) is 4.79 Å². The van der Waals surface area contributed by atoms with Crippen LogP contribution in [0.3, 0.4) is 0 Å². The van der Waals surface area contributed by atoms with Gasteiger partial charge in [-0.05, 0) is 42.0 Å². The number of carbonyl (C=O) groups excluding carboxylic acids is 3. The van der Waals surface area contributed by atoms with Crippen molar-refractivity contribution in [1.82, 2.24) is 14.8 Å². The van der Waals surface area contributed by atoms with Gasteiger partial charge in [-0.25, -0.2) is 9.59 Å². The number of benzene rings is 2. The van der Waals surface area contributed by atoms with E-state index in [4.69, 9.17) is 27.6 Å². The summed E-state index contributed by atoms with van der Waals surface area (Å²) >= 11 is 12.2. The maximum Gasteiger partial charge on any atom is 0.373 e. The number of ether oxygens (including phenoxy) is 1. The number of imide groups is 1. The van der Waals surface area contributed by atoms with Gasteiger partial charge in [0.25, 0.3) is 5.91 Å². The van der Waals surface area contributed by atoms with Gasteiger partial charge >= 0.3 is 12.0 Å². The first-order valence-corrected chi connectivity index (χ1v) is 11.6. The van der Waals surface area contributed by atoms with Crippen LogP contribution in [-0.2, 0) is 22.6 Å². The molecule has 36 heavy (non-hydrogen) atoms. The number of esters is 1. The highest BCUT2D eigenvalue weighted by atomic mass is 35.5. The van der Waals surface area contributed by atoms with Gasteiger partial charge in [-0.15, -0.1) is 0 Å². The van der Waals surface area contributed by atoms with E-state index >= 15 is 0 Å². The summed E-state index contributed by atoms with van der Waals surface area (Å²) in [5.41, 5.74) is 2.82. The molecule has 1 saturated heterocycles. The first-order chi connectivity index (χ1) is 17.3. The first kappa shape index (κ1) is 23.7. The monoisotopic (exact) mass is 523 g/mol. The van der Waals surface area contributed by atoms with Gasteiger partial charge in [-0.3, -0.25) is 9.69 Å². The second-order valence-corrected chi connectivity index (χ2v) is 8.93. The molecule has 10 heteroatoms. The second kappa shape index (κ2) is 9.56. The molecule has 8 nitrogen and oxygen atoms in total. The molecule has 0 unspecified atom stereocenters. The summed E-state index contributed by atoms with van der Waals surface area (Å²) in [6.07, 6.45) is 3.56. The van der Waals surface area contributed by atoms with E-state index in [0.717, 1.165) is 26.9 Å². The minimum absolute atomic E-state index is 0.00916. The number of fused-ring (bicyclic) bond motifs is 1. The van der Waals surface area contributed by atoms with Crippen molar-refractivity contribution in [3.05, 3.63) is 99.2 Å². The van der Waals surface area contributed by atoms with Gasteiger partial charge in [0.2, 0.25) is 5.76 Å². The Morgan fingerprint density at radius 1 is 1.06 bits per heavy atom. The summed E-state index contributed by atoms with van der Waals surface area (Å²) in [6.45, 7) is 0.409. The van der Waals surface area contributed by atoms with E-state index in [-0.39, 0.29) is 23.8 Å². The van der Waals surface area contributed by atoms with Gasteiger partial charge in [0.15, 0.2) is 0 Å². The van der Waals surface area contributed by atoms with E-state index in [2.05, 4.69) is 10.1 Å². The van der Waals surface area contributed by atoms with Crippen LogP contribution >= 0.6 is 23.2 Å². The van der Waals surface area contributed by atoms with Crippen LogP contribution in [0.5, 0.6) is 0 Å². The lowest BCUT2D eigenvalue weighted by Crippen LogP contribution is -2.30. The summed E-state index contributed by atoms with van der Waals surface area (Å²) < 4.78 is 12.0. The number of methoxy groups -OCH3 is 1. The smallest absolute Gasteiger partial charge is 0.373 e. The highest BCUT2D eigenvalue weighted by molar-refractivity contribution is 6.42. The Hall–Kier alpha value is -4.01. The molecule has 1 aliphatic rings. The molecule has 4 aromatic rings. The first-order valence-electron chi connectivity index (χ1n) is 10.9. The quantitative estimate of drug-likeness (QED) is 0.205. The predicted octanol–water partition coefficient (Wildman–Crippen LogP) is 5.47. The zero-order valence-corrected chi connectivity index (χ0v) is 20.5. The van der Waals surface area contributed by atoms with Gasteiger partial charge < -0.3 is 19.0 Å².